The van der Waals surface area contributed by atoms with Crippen molar-refractivity contribution in [2.75, 3.05) is 19.7 Å². The molecule has 7 nitrogen and oxygen atoms in total. The topological polar surface area (TPSA) is 99.7 Å². The molecule has 2 amide bonds. The van der Waals surface area contributed by atoms with Gasteiger partial charge >= 0.3 is 12.2 Å². The van der Waals surface area contributed by atoms with E-state index < -0.39 is 12.2 Å². The molecule has 130 valence electrons. The molecule has 0 saturated heterocycles. The van der Waals surface area contributed by atoms with Gasteiger partial charge in [-0.05, 0) is 22.3 Å². The van der Waals surface area contributed by atoms with Crippen molar-refractivity contribution in [2.24, 2.45) is 0 Å². The fourth-order valence-corrected chi connectivity index (χ4v) is 3.01. The van der Waals surface area contributed by atoms with Crippen LogP contribution in [0.3, 0.4) is 0 Å². The summed E-state index contributed by atoms with van der Waals surface area (Å²) in [6.07, 6.45) is -1.71. The van der Waals surface area contributed by atoms with Crippen molar-refractivity contribution in [1.29, 1.82) is 0 Å². The molecule has 1 aliphatic rings. The van der Waals surface area contributed by atoms with Crippen LogP contribution in [-0.4, -0.2) is 37.0 Å². The molecular weight excluding hydrogens is 322 g/mol. The Hall–Kier alpha value is -3.06. The van der Waals surface area contributed by atoms with E-state index in [0.29, 0.717) is 0 Å². The van der Waals surface area contributed by atoms with Crippen LogP contribution in [0.2, 0.25) is 0 Å². The Kier molecular flexibility index (Phi) is 5.15. The lowest BCUT2D eigenvalue weighted by Gasteiger charge is -2.14. The van der Waals surface area contributed by atoms with Gasteiger partial charge in [0.1, 0.15) is 6.61 Å². The quantitative estimate of drug-likeness (QED) is 0.477. The molecule has 0 aromatic heterocycles. The highest BCUT2D eigenvalue weighted by atomic mass is 16.5. The molecule has 0 aliphatic heterocycles. The van der Waals surface area contributed by atoms with Gasteiger partial charge in [0.15, 0.2) is 0 Å². The number of rotatable bonds is 6. The van der Waals surface area contributed by atoms with Gasteiger partial charge in [0.05, 0.1) is 0 Å². The number of ether oxygens (including phenoxy) is 1. The number of benzene rings is 2. The van der Waals surface area contributed by atoms with E-state index in [1.807, 2.05) is 29.7 Å². The summed E-state index contributed by atoms with van der Waals surface area (Å²) in [6, 6.07) is 16.3. The second-order valence-electron chi connectivity index (χ2n) is 5.61. The number of hydrogen-bond acceptors (Lipinski definition) is 4. The first-order valence-corrected chi connectivity index (χ1v) is 7.97. The number of hydrazine groups is 1. The first-order valence-electron chi connectivity index (χ1n) is 7.97. The van der Waals surface area contributed by atoms with E-state index in [1.165, 1.54) is 11.1 Å². The molecule has 2 aromatic rings. The molecule has 2 aromatic carbocycles. The Morgan fingerprint density at radius 3 is 2.16 bits per heavy atom. The molecule has 7 heteroatoms. The van der Waals surface area contributed by atoms with Crippen LogP contribution in [0.5, 0.6) is 0 Å². The zero-order valence-corrected chi connectivity index (χ0v) is 13.5. The predicted octanol–water partition coefficient (Wildman–Crippen LogP) is 2.30. The molecule has 0 heterocycles. The van der Waals surface area contributed by atoms with E-state index in [9.17, 15) is 9.59 Å². The third kappa shape index (κ3) is 3.89. The van der Waals surface area contributed by atoms with Crippen LogP contribution in [0, 0.1) is 0 Å². The lowest BCUT2D eigenvalue weighted by atomic mass is 9.98. The highest BCUT2D eigenvalue weighted by molar-refractivity contribution is 5.79. The van der Waals surface area contributed by atoms with Gasteiger partial charge in [0, 0.05) is 19.0 Å². The number of carboxylic acid groups (broad SMARTS) is 1. The molecule has 0 unspecified atom stereocenters. The lowest BCUT2D eigenvalue weighted by Crippen LogP contribution is -2.41. The van der Waals surface area contributed by atoms with E-state index in [4.69, 9.17) is 9.84 Å². The number of alkyl carbamates (subject to hydrolysis) is 1. The summed E-state index contributed by atoms with van der Waals surface area (Å²) in [6.45, 7) is 0.758. The van der Waals surface area contributed by atoms with E-state index >= 15 is 0 Å². The maximum absolute atomic E-state index is 11.8. The Labute approximate surface area is 145 Å². The summed E-state index contributed by atoms with van der Waals surface area (Å²) in [4.78, 5) is 22.1. The minimum atomic E-state index is -1.18. The number of carbonyl (C=O) groups is 2. The zero-order chi connectivity index (χ0) is 17.6. The average molecular weight is 341 g/mol. The van der Waals surface area contributed by atoms with Crippen molar-refractivity contribution in [3.8, 4) is 11.1 Å². The monoisotopic (exact) mass is 341 g/mol. The molecular formula is C18H19N3O4. The third-order valence-electron chi connectivity index (χ3n) is 4.06. The number of hydrogen-bond donors (Lipinski definition) is 4. The minimum absolute atomic E-state index is 0.0185. The summed E-state index contributed by atoms with van der Waals surface area (Å²) in [5.74, 6) is 0.0185. The number of fused-ring (bicyclic) bond motifs is 3. The number of nitrogens with one attached hydrogen (secondary N) is 3. The smallest absolute Gasteiger partial charge is 0.419 e. The minimum Gasteiger partial charge on any atom is -0.464 e. The van der Waals surface area contributed by atoms with E-state index in [-0.39, 0.29) is 25.6 Å². The summed E-state index contributed by atoms with van der Waals surface area (Å²) in [7, 11) is 0. The van der Waals surface area contributed by atoms with E-state index in [0.717, 1.165) is 11.1 Å². The summed E-state index contributed by atoms with van der Waals surface area (Å²) >= 11 is 0. The molecule has 0 spiro atoms. The molecule has 25 heavy (non-hydrogen) atoms. The van der Waals surface area contributed by atoms with Crippen molar-refractivity contribution in [2.45, 2.75) is 5.92 Å². The maximum atomic E-state index is 11.8. The first kappa shape index (κ1) is 16.8. The lowest BCUT2D eigenvalue weighted by molar-refractivity contribution is 0.143. The third-order valence-corrected chi connectivity index (χ3v) is 4.06. The van der Waals surface area contributed by atoms with Crippen LogP contribution in [0.1, 0.15) is 17.0 Å². The zero-order valence-electron chi connectivity index (χ0n) is 13.5. The Balaban J connectivity index is 1.55. The van der Waals surface area contributed by atoms with Gasteiger partial charge in [-0.2, -0.15) is 0 Å². The highest BCUT2D eigenvalue weighted by Crippen LogP contribution is 2.44. The Morgan fingerprint density at radius 1 is 0.960 bits per heavy atom. The Bertz CT molecular complexity index is 733. The van der Waals surface area contributed by atoms with Crippen LogP contribution >= 0.6 is 0 Å². The average Bonchev–Trinajstić information content (AvgIpc) is 2.93. The summed E-state index contributed by atoms with van der Waals surface area (Å²) < 4.78 is 5.35. The predicted molar refractivity (Wildman–Crippen MR) is 92.2 cm³/mol. The summed E-state index contributed by atoms with van der Waals surface area (Å²) in [5, 5.41) is 11.0. The van der Waals surface area contributed by atoms with Crippen LogP contribution < -0.4 is 16.2 Å². The number of carbonyl (C=O) groups excluding carboxylic acids is 1. The second-order valence-corrected chi connectivity index (χ2v) is 5.61. The fraction of sp³-hybridized carbons (Fsp3) is 0.222. The molecule has 0 atom stereocenters. The second kappa shape index (κ2) is 7.67. The normalized spacial score (nSPS) is 12.2. The van der Waals surface area contributed by atoms with Gasteiger partial charge in [0.25, 0.3) is 0 Å². The fourth-order valence-electron chi connectivity index (χ4n) is 3.01. The number of amides is 2. The van der Waals surface area contributed by atoms with Gasteiger partial charge in [-0.15, -0.1) is 0 Å². The molecule has 0 radical (unpaired) electrons. The molecule has 0 bridgehead atoms. The van der Waals surface area contributed by atoms with Crippen LogP contribution in [0.25, 0.3) is 11.1 Å². The summed E-state index contributed by atoms with van der Waals surface area (Å²) in [5.41, 5.74) is 9.10. The van der Waals surface area contributed by atoms with Crippen molar-refractivity contribution in [3.63, 3.8) is 0 Å². The maximum Gasteiger partial charge on any atom is 0.419 e. The molecule has 0 saturated carbocycles. The van der Waals surface area contributed by atoms with Gasteiger partial charge in [-0.3, -0.25) is 5.43 Å². The van der Waals surface area contributed by atoms with Crippen LogP contribution in [0.15, 0.2) is 48.5 Å². The SMILES string of the molecule is O=C(O)NNCCNC(=O)OCC1c2ccccc2-c2ccccc21. The van der Waals surface area contributed by atoms with Gasteiger partial charge in [-0.1, -0.05) is 48.5 Å². The van der Waals surface area contributed by atoms with E-state index in [1.54, 1.807) is 0 Å². The van der Waals surface area contributed by atoms with Crippen molar-refractivity contribution in [3.05, 3.63) is 59.7 Å². The van der Waals surface area contributed by atoms with Crippen molar-refractivity contribution >= 4 is 12.2 Å². The highest BCUT2D eigenvalue weighted by Gasteiger charge is 2.28. The standard InChI is InChI=1S/C18H19N3O4/c22-17(23)21-20-10-9-19-18(24)25-11-16-14-7-3-1-5-12(14)13-6-2-4-8-15(13)16/h1-8,16,20-21H,9-11H2,(H,19,24)(H,22,23). The largest absolute Gasteiger partial charge is 0.464 e. The van der Waals surface area contributed by atoms with E-state index in [2.05, 4.69) is 35.0 Å². The van der Waals surface area contributed by atoms with Gasteiger partial charge < -0.3 is 15.2 Å². The molecule has 3 rings (SSSR count). The van der Waals surface area contributed by atoms with Crippen molar-refractivity contribution < 1.29 is 19.4 Å². The van der Waals surface area contributed by atoms with Gasteiger partial charge in [0.2, 0.25) is 0 Å². The van der Waals surface area contributed by atoms with Crippen LogP contribution in [-0.2, 0) is 4.74 Å². The first-order chi connectivity index (χ1) is 12.2. The van der Waals surface area contributed by atoms with Crippen molar-refractivity contribution in [1.82, 2.24) is 16.2 Å². The Morgan fingerprint density at radius 2 is 1.56 bits per heavy atom. The molecule has 0 fully saturated rings. The van der Waals surface area contributed by atoms with Gasteiger partial charge in [-0.25, -0.2) is 15.0 Å². The van der Waals surface area contributed by atoms with Crippen LogP contribution in [0.4, 0.5) is 9.59 Å². The molecule has 4 N–H and O–H groups in total. The molecule has 1 aliphatic carbocycles.